The number of rotatable bonds is 11. The zero-order valence-electron chi connectivity index (χ0n) is 14.7. The first-order valence-corrected chi connectivity index (χ1v) is 8.15. The van der Waals surface area contributed by atoms with Crippen molar-refractivity contribution in [2.75, 3.05) is 32.8 Å². The van der Waals surface area contributed by atoms with Crippen LogP contribution in [0.4, 0.5) is 9.59 Å². The van der Waals surface area contributed by atoms with E-state index in [0.29, 0.717) is 12.8 Å². The number of hydrogen-bond donors (Lipinski definition) is 0. The zero-order chi connectivity index (χ0) is 19.2. The van der Waals surface area contributed by atoms with Crippen LogP contribution in [0.5, 0.6) is 0 Å². The van der Waals surface area contributed by atoms with Gasteiger partial charge in [-0.25, -0.2) is 9.59 Å². The van der Waals surface area contributed by atoms with Gasteiger partial charge in [-0.15, -0.1) is 0 Å². The van der Waals surface area contributed by atoms with Crippen molar-refractivity contribution in [3.05, 3.63) is 61.2 Å². The molecular formula is C19H24N2O5. The molecular weight excluding hydrogens is 336 g/mol. The average molecular weight is 360 g/mol. The Labute approximate surface area is 153 Å². The smallest absolute Gasteiger partial charge is 0.410 e. The standard InChI is InChI=1S/C19H24N2O5/c1-3-14-25-18(23)20(12-13-22)10-11-21(19(24)26-15-4-2)16-17-8-6-5-7-9-17/h3-9,13H,1-2,10-12,14-16H2. The summed E-state index contributed by atoms with van der Waals surface area (Å²) in [5.41, 5.74) is 0.916. The van der Waals surface area contributed by atoms with Gasteiger partial charge in [0.2, 0.25) is 0 Å². The Kier molecular flexibility index (Phi) is 9.91. The summed E-state index contributed by atoms with van der Waals surface area (Å²) in [6.07, 6.45) is 2.34. The molecule has 0 fully saturated rings. The van der Waals surface area contributed by atoms with Crippen molar-refractivity contribution in [2.45, 2.75) is 6.54 Å². The molecule has 0 aliphatic heterocycles. The van der Waals surface area contributed by atoms with E-state index in [4.69, 9.17) is 9.47 Å². The van der Waals surface area contributed by atoms with E-state index in [2.05, 4.69) is 13.2 Å². The Morgan fingerprint density at radius 1 is 0.923 bits per heavy atom. The summed E-state index contributed by atoms with van der Waals surface area (Å²) in [6, 6.07) is 9.39. The Hall–Kier alpha value is -3.09. The van der Waals surface area contributed by atoms with Crippen LogP contribution < -0.4 is 0 Å². The van der Waals surface area contributed by atoms with Crippen molar-refractivity contribution < 1.29 is 23.9 Å². The molecule has 0 spiro atoms. The number of carbonyl (C=O) groups excluding carboxylic acids is 3. The van der Waals surface area contributed by atoms with Crippen LogP contribution in [0.25, 0.3) is 0 Å². The lowest BCUT2D eigenvalue weighted by Crippen LogP contribution is -2.42. The number of aldehydes is 1. The normalized spacial score (nSPS) is 9.69. The third kappa shape index (κ3) is 7.65. The molecule has 7 heteroatoms. The Balaban J connectivity index is 2.76. The maximum Gasteiger partial charge on any atom is 0.410 e. The average Bonchev–Trinajstić information content (AvgIpc) is 2.67. The minimum atomic E-state index is -0.642. The zero-order valence-corrected chi connectivity index (χ0v) is 14.7. The largest absolute Gasteiger partial charge is 0.445 e. The van der Waals surface area contributed by atoms with Crippen molar-refractivity contribution >= 4 is 18.5 Å². The number of carbonyl (C=O) groups is 3. The van der Waals surface area contributed by atoms with E-state index in [1.54, 1.807) is 0 Å². The van der Waals surface area contributed by atoms with E-state index >= 15 is 0 Å². The number of ether oxygens (including phenoxy) is 2. The van der Waals surface area contributed by atoms with Gasteiger partial charge in [0.1, 0.15) is 19.5 Å². The second kappa shape index (κ2) is 12.3. The molecule has 0 N–H and O–H groups in total. The summed E-state index contributed by atoms with van der Waals surface area (Å²) < 4.78 is 10.0. The van der Waals surface area contributed by atoms with Crippen LogP contribution >= 0.6 is 0 Å². The number of benzene rings is 1. The molecule has 0 aliphatic rings. The number of nitrogens with zero attached hydrogens (tertiary/aromatic N) is 2. The van der Waals surface area contributed by atoms with Crippen molar-refractivity contribution in [3.63, 3.8) is 0 Å². The van der Waals surface area contributed by atoms with Gasteiger partial charge in [-0.2, -0.15) is 0 Å². The molecule has 1 aromatic carbocycles. The summed E-state index contributed by atoms with van der Waals surface area (Å²) in [6.45, 7) is 7.61. The van der Waals surface area contributed by atoms with E-state index in [1.165, 1.54) is 22.0 Å². The van der Waals surface area contributed by atoms with E-state index in [9.17, 15) is 14.4 Å². The monoisotopic (exact) mass is 360 g/mol. The highest BCUT2D eigenvalue weighted by Crippen LogP contribution is 2.07. The minimum absolute atomic E-state index is 0.0449. The van der Waals surface area contributed by atoms with Crippen LogP contribution in [0.3, 0.4) is 0 Å². The SMILES string of the molecule is C=CCOC(=O)N(CC=O)CCN(Cc1ccccc1)C(=O)OCC=C. The molecule has 0 saturated heterocycles. The Morgan fingerprint density at radius 2 is 1.46 bits per heavy atom. The lowest BCUT2D eigenvalue weighted by molar-refractivity contribution is -0.108. The van der Waals surface area contributed by atoms with Gasteiger partial charge in [0.15, 0.2) is 0 Å². The molecule has 0 aliphatic carbocycles. The minimum Gasteiger partial charge on any atom is -0.445 e. The first-order chi connectivity index (χ1) is 12.6. The van der Waals surface area contributed by atoms with Crippen LogP contribution in [0.15, 0.2) is 55.6 Å². The second-order valence-corrected chi connectivity index (χ2v) is 5.25. The molecule has 0 radical (unpaired) electrons. The fourth-order valence-corrected chi connectivity index (χ4v) is 2.07. The summed E-state index contributed by atoms with van der Waals surface area (Å²) in [5.74, 6) is 0. The van der Waals surface area contributed by atoms with E-state index in [1.807, 2.05) is 30.3 Å². The first-order valence-electron chi connectivity index (χ1n) is 8.15. The topological polar surface area (TPSA) is 76.2 Å². The summed E-state index contributed by atoms with van der Waals surface area (Å²) >= 11 is 0. The first kappa shape index (κ1) is 21.0. The van der Waals surface area contributed by atoms with Crippen LogP contribution in [-0.2, 0) is 20.8 Å². The van der Waals surface area contributed by atoms with E-state index < -0.39 is 12.2 Å². The van der Waals surface area contributed by atoms with Crippen LogP contribution in [0, 0.1) is 0 Å². The summed E-state index contributed by atoms with van der Waals surface area (Å²) in [7, 11) is 0. The van der Waals surface area contributed by atoms with Gasteiger partial charge < -0.3 is 19.2 Å². The van der Waals surface area contributed by atoms with Crippen molar-refractivity contribution in [2.24, 2.45) is 0 Å². The van der Waals surface area contributed by atoms with Gasteiger partial charge >= 0.3 is 12.2 Å². The maximum atomic E-state index is 12.3. The molecule has 1 rings (SSSR count). The molecule has 7 nitrogen and oxygen atoms in total. The number of amides is 2. The molecule has 0 atom stereocenters. The lowest BCUT2D eigenvalue weighted by atomic mass is 10.2. The second-order valence-electron chi connectivity index (χ2n) is 5.25. The van der Waals surface area contributed by atoms with Gasteiger partial charge in [0, 0.05) is 19.6 Å². The van der Waals surface area contributed by atoms with Gasteiger partial charge in [0.05, 0.1) is 6.54 Å². The van der Waals surface area contributed by atoms with Gasteiger partial charge in [-0.3, -0.25) is 4.90 Å². The molecule has 1 aromatic rings. The van der Waals surface area contributed by atoms with Crippen LogP contribution in [0.1, 0.15) is 5.56 Å². The van der Waals surface area contributed by atoms with Gasteiger partial charge in [-0.1, -0.05) is 55.6 Å². The fourth-order valence-electron chi connectivity index (χ4n) is 2.07. The Bertz CT molecular complexity index is 603. The highest BCUT2D eigenvalue weighted by molar-refractivity contribution is 5.72. The fraction of sp³-hybridized carbons (Fsp3) is 0.316. The predicted molar refractivity (Wildman–Crippen MR) is 97.6 cm³/mol. The molecule has 0 bridgehead atoms. The predicted octanol–water partition coefficient (Wildman–Crippen LogP) is 2.63. The van der Waals surface area contributed by atoms with Crippen molar-refractivity contribution in [1.29, 1.82) is 0 Å². The molecule has 2 amide bonds. The molecule has 0 saturated carbocycles. The van der Waals surface area contributed by atoms with Crippen molar-refractivity contribution in [1.82, 2.24) is 9.80 Å². The Morgan fingerprint density at radius 3 is 2.00 bits per heavy atom. The summed E-state index contributed by atoms with van der Waals surface area (Å²) in [4.78, 5) is 37.7. The van der Waals surface area contributed by atoms with Crippen LogP contribution in [-0.4, -0.2) is 61.1 Å². The third-order valence-electron chi connectivity index (χ3n) is 3.32. The molecule has 140 valence electrons. The highest BCUT2D eigenvalue weighted by Gasteiger charge is 2.20. The molecule has 0 heterocycles. The molecule has 0 unspecified atom stereocenters. The van der Waals surface area contributed by atoms with E-state index in [0.717, 1.165) is 5.56 Å². The maximum absolute atomic E-state index is 12.3. The molecule has 0 aromatic heterocycles. The highest BCUT2D eigenvalue weighted by atomic mass is 16.6. The van der Waals surface area contributed by atoms with Crippen LogP contribution in [0.2, 0.25) is 0 Å². The van der Waals surface area contributed by atoms with E-state index in [-0.39, 0.29) is 32.8 Å². The van der Waals surface area contributed by atoms with Gasteiger partial charge in [0.25, 0.3) is 0 Å². The quantitative estimate of drug-likeness (QED) is 0.448. The summed E-state index contributed by atoms with van der Waals surface area (Å²) in [5, 5.41) is 0. The third-order valence-corrected chi connectivity index (χ3v) is 3.32. The molecule has 26 heavy (non-hydrogen) atoms. The number of hydrogen-bond acceptors (Lipinski definition) is 5. The van der Waals surface area contributed by atoms with Gasteiger partial charge in [-0.05, 0) is 5.56 Å². The van der Waals surface area contributed by atoms with Crippen molar-refractivity contribution in [3.8, 4) is 0 Å². The lowest BCUT2D eigenvalue weighted by Gasteiger charge is -2.26.